The first kappa shape index (κ1) is 16.9. The van der Waals surface area contributed by atoms with Crippen LogP contribution in [-0.4, -0.2) is 23.5 Å². The first-order chi connectivity index (χ1) is 11.0. The summed E-state index contributed by atoms with van der Waals surface area (Å²) in [6.07, 6.45) is 3.59. The third-order valence-electron chi connectivity index (χ3n) is 3.18. The van der Waals surface area contributed by atoms with Crippen LogP contribution in [0, 0.1) is 11.6 Å². The number of pyridine rings is 1. The summed E-state index contributed by atoms with van der Waals surface area (Å²) >= 11 is 0. The van der Waals surface area contributed by atoms with Gasteiger partial charge < -0.3 is 10.1 Å². The molecule has 0 saturated heterocycles. The summed E-state index contributed by atoms with van der Waals surface area (Å²) in [5.41, 5.74) is 0.582. The molecule has 1 heterocycles. The van der Waals surface area contributed by atoms with Crippen molar-refractivity contribution < 1.29 is 18.3 Å². The molecule has 23 heavy (non-hydrogen) atoms. The van der Waals surface area contributed by atoms with Gasteiger partial charge >= 0.3 is 0 Å². The molecule has 0 fully saturated rings. The summed E-state index contributed by atoms with van der Waals surface area (Å²) in [5.74, 6) is -1.33. The van der Waals surface area contributed by atoms with Crippen LogP contribution in [0.4, 0.5) is 8.78 Å². The number of aromatic nitrogens is 1. The Bertz CT molecular complexity index is 650. The zero-order chi connectivity index (χ0) is 16.7. The second-order valence-electron chi connectivity index (χ2n) is 5.17. The second-order valence-corrected chi connectivity index (χ2v) is 5.17. The molecular formula is C17H18F2N2O2. The van der Waals surface area contributed by atoms with Gasteiger partial charge in [-0.1, -0.05) is 6.07 Å². The molecule has 1 amide bonds. The molecule has 0 aliphatic heterocycles. The average molecular weight is 320 g/mol. The van der Waals surface area contributed by atoms with Gasteiger partial charge in [-0.15, -0.1) is 0 Å². The van der Waals surface area contributed by atoms with E-state index in [1.54, 1.807) is 24.5 Å². The molecule has 1 N–H and O–H groups in total. The van der Waals surface area contributed by atoms with Crippen molar-refractivity contribution in [2.24, 2.45) is 0 Å². The monoisotopic (exact) mass is 320 g/mol. The number of rotatable bonds is 7. The van der Waals surface area contributed by atoms with Gasteiger partial charge in [0.15, 0.2) is 11.6 Å². The molecule has 4 nitrogen and oxygen atoms in total. The number of nitrogens with zero attached hydrogens (tertiary/aromatic N) is 1. The van der Waals surface area contributed by atoms with Gasteiger partial charge in [0.25, 0.3) is 0 Å². The van der Waals surface area contributed by atoms with E-state index in [9.17, 15) is 13.6 Å². The molecular weight excluding hydrogens is 302 g/mol. The van der Waals surface area contributed by atoms with E-state index in [-0.39, 0.29) is 18.4 Å². The fourth-order valence-electron chi connectivity index (χ4n) is 1.99. The first-order valence-corrected chi connectivity index (χ1v) is 7.32. The Hall–Kier alpha value is -2.50. The predicted octanol–water partition coefficient (Wildman–Crippen LogP) is 2.88. The highest BCUT2D eigenvalue weighted by Gasteiger charge is 2.08. The summed E-state index contributed by atoms with van der Waals surface area (Å²) < 4.78 is 31.5. The predicted molar refractivity (Wildman–Crippen MR) is 82.0 cm³/mol. The normalized spacial score (nSPS) is 11.8. The maximum Gasteiger partial charge on any atom is 0.220 e. The van der Waals surface area contributed by atoms with E-state index < -0.39 is 11.6 Å². The Morgan fingerprint density at radius 2 is 2.13 bits per heavy atom. The van der Waals surface area contributed by atoms with Gasteiger partial charge in [0.05, 0.1) is 12.7 Å². The van der Waals surface area contributed by atoms with E-state index in [4.69, 9.17) is 4.74 Å². The highest BCUT2D eigenvalue weighted by atomic mass is 19.2. The highest BCUT2D eigenvalue weighted by molar-refractivity contribution is 5.76. The lowest BCUT2D eigenvalue weighted by atomic mass is 10.1. The van der Waals surface area contributed by atoms with E-state index in [0.717, 1.165) is 12.1 Å². The lowest BCUT2D eigenvalue weighted by Crippen LogP contribution is -2.33. The quantitative estimate of drug-likeness (QED) is 0.853. The van der Waals surface area contributed by atoms with Gasteiger partial charge in [0.1, 0.15) is 11.9 Å². The third-order valence-corrected chi connectivity index (χ3v) is 3.18. The van der Waals surface area contributed by atoms with Gasteiger partial charge in [0, 0.05) is 12.6 Å². The van der Waals surface area contributed by atoms with Crippen molar-refractivity contribution in [1.82, 2.24) is 10.3 Å². The van der Waals surface area contributed by atoms with Gasteiger partial charge in [-0.3, -0.25) is 9.78 Å². The van der Waals surface area contributed by atoms with E-state index >= 15 is 0 Å². The zero-order valence-corrected chi connectivity index (χ0v) is 12.8. The van der Waals surface area contributed by atoms with Crippen molar-refractivity contribution in [3.05, 3.63) is 59.9 Å². The molecule has 0 aliphatic carbocycles. The molecule has 1 atom stereocenters. The Balaban J connectivity index is 1.71. The number of nitrogens with one attached hydrogen (secondary N) is 1. The molecule has 1 aromatic carbocycles. The zero-order valence-electron chi connectivity index (χ0n) is 12.8. The Morgan fingerprint density at radius 3 is 2.83 bits per heavy atom. The van der Waals surface area contributed by atoms with Crippen LogP contribution >= 0.6 is 0 Å². The second kappa shape index (κ2) is 8.22. The van der Waals surface area contributed by atoms with Crippen molar-refractivity contribution in [3.8, 4) is 5.75 Å². The fraction of sp³-hybridized carbons (Fsp3) is 0.294. The Labute approximate surface area is 133 Å². The topological polar surface area (TPSA) is 51.2 Å². The molecule has 0 bridgehead atoms. The minimum absolute atomic E-state index is 0.170. The lowest BCUT2D eigenvalue weighted by molar-refractivity contribution is -0.121. The number of carbonyl (C=O) groups excluding carboxylic acids is 1. The summed E-state index contributed by atoms with van der Waals surface area (Å²) in [5, 5.41) is 2.75. The summed E-state index contributed by atoms with van der Waals surface area (Å²) in [6, 6.07) is 7.19. The van der Waals surface area contributed by atoms with Crippen LogP contribution in [-0.2, 0) is 11.2 Å². The number of hydrogen-bond acceptors (Lipinski definition) is 3. The maximum atomic E-state index is 13.1. The molecule has 122 valence electrons. The standard InChI is InChI=1S/C17H18F2N2O2/c1-12(23-14-3-2-8-20-11-14)10-21-17(22)7-5-13-4-6-15(18)16(19)9-13/h2-4,6,8-9,11-12H,5,7,10H2,1H3,(H,21,22). The lowest BCUT2D eigenvalue weighted by Gasteiger charge is -2.15. The minimum Gasteiger partial charge on any atom is -0.487 e. The molecule has 0 saturated carbocycles. The van der Waals surface area contributed by atoms with Crippen LogP contribution in [0.15, 0.2) is 42.7 Å². The van der Waals surface area contributed by atoms with Crippen LogP contribution in [0.25, 0.3) is 0 Å². The molecule has 0 aliphatic rings. The van der Waals surface area contributed by atoms with E-state index in [2.05, 4.69) is 10.3 Å². The largest absolute Gasteiger partial charge is 0.487 e. The van der Waals surface area contributed by atoms with Gasteiger partial charge in [-0.25, -0.2) is 8.78 Å². The number of amides is 1. The maximum absolute atomic E-state index is 13.1. The number of benzene rings is 1. The molecule has 1 aromatic heterocycles. The molecule has 2 rings (SSSR count). The molecule has 6 heteroatoms. The Morgan fingerprint density at radius 1 is 1.30 bits per heavy atom. The van der Waals surface area contributed by atoms with Crippen molar-refractivity contribution in [1.29, 1.82) is 0 Å². The van der Waals surface area contributed by atoms with E-state index in [0.29, 0.717) is 24.3 Å². The van der Waals surface area contributed by atoms with Crippen LogP contribution in [0.1, 0.15) is 18.9 Å². The first-order valence-electron chi connectivity index (χ1n) is 7.32. The average Bonchev–Trinajstić information content (AvgIpc) is 2.55. The minimum atomic E-state index is -0.901. The van der Waals surface area contributed by atoms with E-state index in [1.807, 2.05) is 6.92 Å². The van der Waals surface area contributed by atoms with Crippen LogP contribution < -0.4 is 10.1 Å². The van der Waals surface area contributed by atoms with Crippen LogP contribution in [0.3, 0.4) is 0 Å². The third kappa shape index (κ3) is 5.65. The van der Waals surface area contributed by atoms with Gasteiger partial charge in [-0.05, 0) is 43.2 Å². The number of halogens is 2. The summed E-state index contributed by atoms with van der Waals surface area (Å²) in [6.45, 7) is 2.19. The van der Waals surface area contributed by atoms with Crippen molar-refractivity contribution in [3.63, 3.8) is 0 Å². The van der Waals surface area contributed by atoms with Crippen molar-refractivity contribution in [2.75, 3.05) is 6.54 Å². The molecule has 1 unspecified atom stereocenters. The van der Waals surface area contributed by atoms with Crippen molar-refractivity contribution >= 4 is 5.91 Å². The smallest absolute Gasteiger partial charge is 0.220 e. The number of hydrogen-bond donors (Lipinski definition) is 1. The van der Waals surface area contributed by atoms with Gasteiger partial charge in [0.2, 0.25) is 5.91 Å². The highest BCUT2D eigenvalue weighted by Crippen LogP contribution is 2.11. The van der Waals surface area contributed by atoms with Crippen molar-refractivity contribution in [2.45, 2.75) is 25.9 Å². The number of aryl methyl sites for hydroxylation is 1. The Kier molecular flexibility index (Phi) is 6.02. The summed E-state index contributed by atoms with van der Waals surface area (Å²) in [7, 11) is 0. The molecule has 2 aromatic rings. The fourth-order valence-corrected chi connectivity index (χ4v) is 1.99. The van der Waals surface area contributed by atoms with Crippen LogP contribution in [0.5, 0.6) is 5.75 Å². The molecule has 0 radical (unpaired) electrons. The van der Waals surface area contributed by atoms with E-state index in [1.165, 1.54) is 6.07 Å². The van der Waals surface area contributed by atoms with Crippen LogP contribution in [0.2, 0.25) is 0 Å². The molecule has 0 spiro atoms. The van der Waals surface area contributed by atoms with Gasteiger partial charge in [-0.2, -0.15) is 0 Å². The number of ether oxygens (including phenoxy) is 1. The number of carbonyl (C=O) groups is 1. The summed E-state index contributed by atoms with van der Waals surface area (Å²) in [4.78, 5) is 15.7. The SMILES string of the molecule is CC(CNC(=O)CCc1ccc(F)c(F)c1)Oc1cccnc1.